The molecule has 2 aromatic rings. The van der Waals surface area contributed by atoms with Crippen molar-refractivity contribution in [3.63, 3.8) is 0 Å². The first-order valence-corrected chi connectivity index (χ1v) is 7.32. The molecule has 0 saturated carbocycles. The van der Waals surface area contributed by atoms with Gasteiger partial charge >= 0.3 is 0 Å². The van der Waals surface area contributed by atoms with Crippen LogP contribution in [-0.2, 0) is 6.42 Å². The fourth-order valence-electron chi connectivity index (χ4n) is 2.87. The summed E-state index contributed by atoms with van der Waals surface area (Å²) in [6.45, 7) is 5.33. The van der Waals surface area contributed by atoms with Gasteiger partial charge < -0.3 is 9.84 Å². The number of rotatable bonds is 3. The molecule has 2 heterocycles. The van der Waals surface area contributed by atoms with Crippen LogP contribution in [0.4, 0.5) is 0 Å². The van der Waals surface area contributed by atoms with Crippen molar-refractivity contribution >= 4 is 0 Å². The summed E-state index contributed by atoms with van der Waals surface area (Å²) in [6, 6.07) is 8.97. The van der Waals surface area contributed by atoms with Crippen molar-refractivity contribution in [2.24, 2.45) is 0 Å². The average Bonchev–Trinajstić information content (AvgIpc) is 2.87. The number of hydrogen-bond donors (Lipinski definition) is 1. The van der Waals surface area contributed by atoms with Crippen molar-refractivity contribution < 1.29 is 4.52 Å². The van der Waals surface area contributed by atoms with Gasteiger partial charge in [0, 0.05) is 18.4 Å². The van der Waals surface area contributed by atoms with Crippen LogP contribution in [0.25, 0.3) is 0 Å². The molecule has 2 unspecified atom stereocenters. The van der Waals surface area contributed by atoms with Gasteiger partial charge in [-0.3, -0.25) is 0 Å². The monoisotopic (exact) mass is 271 g/mol. The molecule has 0 radical (unpaired) electrons. The van der Waals surface area contributed by atoms with Crippen LogP contribution in [0.2, 0.25) is 0 Å². The summed E-state index contributed by atoms with van der Waals surface area (Å²) in [5.41, 5.74) is 2.49. The first-order valence-electron chi connectivity index (χ1n) is 7.32. The highest BCUT2D eigenvalue weighted by Crippen LogP contribution is 2.26. The summed E-state index contributed by atoms with van der Waals surface area (Å²) in [5, 5.41) is 7.58. The fourth-order valence-corrected chi connectivity index (χ4v) is 2.87. The van der Waals surface area contributed by atoms with Gasteiger partial charge in [0.05, 0.1) is 0 Å². The summed E-state index contributed by atoms with van der Waals surface area (Å²) in [4.78, 5) is 4.59. The molecular formula is C16H21N3O. The first-order chi connectivity index (χ1) is 9.70. The highest BCUT2D eigenvalue weighted by molar-refractivity contribution is 5.24. The fraction of sp³-hybridized carbons (Fsp3) is 0.500. The third kappa shape index (κ3) is 3.07. The zero-order valence-corrected chi connectivity index (χ0v) is 12.1. The number of aryl methyl sites for hydroxylation is 1. The number of hydrogen-bond acceptors (Lipinski definition) is 4. The van der Waals surface area contributed by atoms with Gasteiger partial charge in [-0.25, -0.2) is 0 Å². The molecule has 1 N–H and O–H groups in total. The third-order valence-electron chi connectivity index (χ3n) is 3.90. The molecule has 106 valence electrons. The van der Waals surface area contributed by atoms with Gasteiger partial charge in [-0.05, 0) is 38.8 Å². The maximum Gasteiger partial charge on any atom is 0.229 e. The Morgan fingerprint density at radius 2 is 2.30 bits per heavy atom. The van der Waals surface area contributed by atoms with E-state index in [1.807, 2.05) is 0 Å². The van der Waals surface area contributed by atoms with Crippen molar-refractivity contribution in [2.45, 2.75) is 45.1 Å². The lowest BCUT2D eigenvalue weighted by atomic mass is 9.93. The molecule has 1 fully saturated rings. The molecule has 1 aromatic heterocycles. The molecule has 1 aliphatic rings. The standard InChI is InChI=1S/C16H21N3O/c1-11-4-3-5-13(8-11)10-15-18-16(20-19-15)14-6-7-17-12(2)9-14/h3-5,8,12,14,17H,6-7,9-10H2,1-2H3. The van der Waals surface area contributed by atoms with Gasteiger partial charge in [-0.15, -0.1) is 0 Å². The van der Waals surface area contributed by atoms with Gasteiger partial charge in [0.15, 0.2) is 5.82 Å². The van der Waals surface area contributed by atoms with Crippen LogP contribution in [0, 0.1) is 6.92 Å². The summed E-state index contributed by atoms with van der Waals surface area (Å²) < 4.78 is 5.47. The molecule has 4 heteroatoms. The van der Waals surface area contributed by atoms with Crippen molar-refractivity contribution in [2.75, 3.05) is 6.54 Å². The van der Waals surface area contributed by atoms with Crippen LogP contribution < -0.4 is 5.32 Å². The average molecular weight is 271 g/mol. The number of piperidine rings is 1. The molecule has 0 aliphatic carbocycles. The number of nitrogens with zero attached hydrogens (tertiary/aromatic N) is 2. The highest BCUT2D eigenvalue weighted by Gasteiger charge is 2.24. The number of benzene rings is 1. The van der Waals surface area contributed by atoms with E-state index in [2.05, 4.69) is 53.6 Å². The smallest absolute Gasteiger partial charge is 0.229 e. The molecule has 4 nitrogen and oxygen atoms in total. The lowest BCUT2D eigenvalue weighted by molar-refractivity contribution is 0.294. The largest absolute Gasteiger partial charge is 0.339 e. The predicted molar refractivity (Wildman–Crippen MR) is 77.7 cm³/mol. The highest BCUT2D eigenvalue weighted by atomic mass is 16.5. The van der Waals surface area contributed by atoms with Gasteiger partial charge in [-0.1, -0.05) is 35.0 Å². The van der Waals surface area contributed by atoms with Crippen LogP contribution in [0.15, 0.2) is 28.8 Å². The van der Waals surface area contributed by atoms with Crippen LogP contribution in [0.1, 0.15) is 48.5 Å². The second-order valence-corrected chi connectivity index (χ2v) is 5.79. The Morgan fingerprint density at radius 3 is 3.10 bits per heavy atom. The zero-order chi connectivity index (χ0) is 13.9. The van der Waals surface area contributed by atoms with Gasteiger partial charge in [0.25, 0.3) is 0 Å². The Balaban J connectivity index is 1.70. The van der Waals surface area contributed by atoms with E-state index in [1.54, 1.807) is 0 Å². The Hall–Kier alpha value is -1.68. The van der Waals surface area contributed by atoms with E-state index in [9.17, 15) is 0 Å². The van der Waals surface area contributed by atoms with Gasteiger partial charge in [0.1, 0.15) is 0 Å². The maximum absolute atomic E-state index is 5.47. The van der Waals surface area contributed by atoms with Crippen molar-refractivity contribution in [1.29, 1.82) is 0 Å². The van der Waals surface area contributed by atoms with Gasteiger partial charge in [0.2, 0.25) is 5.89 Å². The Kier molecular flexibility index (Phi) is 3.83. The lowest BCUT2D eigenvalue weighted by Crippen LogP contribution is -2.34. The summed E-state index contributed by atoms with van der Waals surface area (Å²) >= 11 is 0. The Morgan fingerprint density at radius 1 is 1.40 bits per heavy atom. The third-order valence-corrected chi connectivity index (χ3v) is 3.90. The van der Waals surface area contributed by atoms with E-state index in [4.69, 9.17) is 4.52 Å². The van der Waals surface area contributed by atoms with Gasteiger partial charge in [-0.2, -0.15) is 4.98 Å². The van der Waals surface area contributed by atoms with E-state index in [-0.39, 0.29) is 0 Å². The summed E-state index contributed by atoms with van der Waals surface area (Å²) in [7, 11) is 0. The topological polar surface area (TPSA) is 51.0 Å². The molecule has 3 rings (SSSR count). The molecule has 1 aromatic carbocycles. The van der Waals surface area contributed by atoms with Crippen molar-refractivity contribution in [1.82, 2.24) is 15.5 Å². The van der Waals surface area contributed by atoms with Crippen LogP contribution in [0.3, 0.4) is 0 Å². The lowest BCUT2D eigenvalue weighted by Gasteiger charge is -2.25. The maximum atomic E-state index is 5.47. The molecule has 0 spiro atoms. The summed E-state index contributed by atoms with van der Waals surface area (Å²) in [6.07, 6.45) is 2.90. The Bertz CT molecular complexity index is 579. The van der Waals surface area contributed by atoms with E-state index < -0.39 is 0 Å². The molecule has 2 atom stereocenters. The second-order valence-electron chi connectivity index (χ2n) is 5.79. The normalized spacial score (nSPS) is 22.9. The SMILES string of the molecule is Cc1cccc(Cc2noc(C3CCNC(C)C3)n2)c1. The summed E-state index contributed by atoms with van der Waals surface area (Å²) in [5.74, 6) is 2.00. The molecule has 1 saturated heterocycles. The predicted octanol–water partition coefficient (Wildman–Crippen LogP) is 2.82. The van der Waals surface area contributed by atoms with Crippen LogP contribution in [0.5, 0.6) is 0 Å². The van der Waals surface area contributed by atoms with E-state index in [0.717, 1.165) is 37.5 Å². The molecule has 20 heavy (non-hydrogen) atoms. The quantitative estimate of drug-likeness (QED) is 0.932. The van der Waals surface area contributed by atoms with Crippen molar-refractivity contribution in [3.05, 3.63) is 47.1 Å². The first kappa shape index (κ1) is 13.3. The van der Waals surface area contributed by atoms with E-state index in [0.29, 0.717) is 12.0 Å². The molecule has 1 aliphatic heterocycles. The number of nitrogens with one attached hydrogen (secondary N) is 1. The second kappa shape index (κ2) is 5.75. The molecule has 0 amide bonds. The van der Waals surface area contributed by atoms with E-state index in [1.165, 1.54) is 11.1 Å². The molecular weight excluding hydrogens is 250 g/mol. The van der Waals surface area contributed by atoms with Crippen LogP contribution in [-0.4, -0.2) is 22.7 Å². The van der Waals surface area contributed by atoms with Crippen molar-refractivity contribution in [3.8, 4) is 0 Å². The minimum Gasteiger partial charge on any atom is -0.339 e. The van der Waals surface area contributed by atoms with E-state index >= 15 is 0 Å². The van der Waals surface area contributed by atoms with Crippen LogP contribution >= 0.6 is 0 Å². The minimum absolute atomic E-state index is 0.407. The minimum atomic E-state index is 0.407. The molecule has 0 bridgehead atoms. The zero-order valence-electron chi connectivity index (χ0n) is 12.1. The Labute approximate surface area is 119 Å². The number of aromatic nitrogens is 2.